The highest BCUT2D eigenvalue weighted by atomic mass is 16.5. The highest BCUT2D eigenvalue weighted by Gasteiger charge is 2.13. The molecule has 0 radical (unpaired) electrons. The van der Waals surface area contributed by atoms with Crippen LogP contribution in [0.1, 0.15) is 30.4 Å². The van der Waals surface area contributed by atoms with Gasteiger partial charge in [-0.25, -0.2) is 0 Å². The molecule has 0 aliphatic rings. The number of aromatic nitrogens is 1. The molecule has 0 aliphatic carbocycles. The smallest absolute Gasteiger partial charge is 0.307 e. The molecule has 0 aromatic carbocycles. The van der Waals surface area contributed by atoms with Gasteiger partial charge in [-0.3, -0.25) is 9.59 Å². The van der Waals surface area contributed by atoms with Gasteiger partial charge < -0.3 is 14.6 Å². The van der Waals surface area contributed by atoms with Crippen molar-refractivity contribution in [3.63, 3.8) is 0 Å². The summed E-state index contributed by atoms with van der Waals surface area (Å²) >= 11 is 0. The highest BCUT2D eigenvalue weighted by Crippen LogP contribution is 2.12. The molecule has 0 unspecified atom stereocenters. The van der Waals surface area contributed by atoms with Crippen molar-refractivity contribution in [1.82, 2.24) is 10.5 Å². The Labute approximate surface area is 106 Å². The number of nitrogens with zero attached hydrogens (tertiary/aromatic N) is 1. The lowest BCUT2D eigenvalue weighted by Gasteiger charge is -2.04. The molecule has 0 fully saturated rings. The topological polar surface area (TPSA) is 81.4 Å². The lowest BCUT2D eigenvalue weighted by Crippen LogP contribution is -2.28. The van der Waals surface area contributed by atoms with E-state index < -0.39 is 0 Å². The summed E-state index contributed by atoms with van der Waals surface area (Å²) in [7, 11) is 0. The van der Waals surface area contributed by atoms with Crippen LogP contribution < -0.4 is 5.32 Å². The number of nitrogens with one attached hydrogen (secondary N) is 1. The molecular weight excluding hydrogens is 236 g/mol. The van der Waals surface area contributed by atoms with E-state index in [0.29, 0.717) is 18.1 Å². The van der Waals surface area contributed by atoms with Crippen LogP contribution in [0.5, 0.6) is 0 Å². The second-order valence-electron chi connectivity index (χ2n) is 3.88. The first kappa shape index (κ1) is 14.2. The average molecular weight is 254 g/mol. The fourth-order valence-electron chi connectivity index (χ4n) is 1.51. The molecule has 6 nitrogen and oxygen atoms in total. The summed E-state index contributed by atoms with van der Waals surface area (Å²) in [5.41, 5.74) is 1.51. The Hall–Kier alpha value is -1.85. The van der Waals surface area contributed by atoms with E-state index in [2.05, 4.69) is 10.5 Å². The molecule has 1 aromatic heterocycles. The Morgan fingerprint density at radius 1 is 1.39 bits per heavy atom. The second kappa shape index (κ2) is 6.78. The van der Waals surface area contributed by atoms with E-state index in [-0.39, 0.29) is 31.3 Å². The Kier molecular flexibility index (Phi) is 5.35. The van der Waals surface area contributed by atoms with Crippen molar-refractivity contribution in [3.8, 4) is 0 Å². The van der Waals surface area contributed by atoms with E-state index in [1.54, 1.807) is 20.8 Å². The zero-order valence-corrected chi connectivity index (χ0v) is 10.9. The number of esters is 1. The maximum atomic E-state index is 11.6. The lowest BCUT2D eigenvalue weighted by atomic mass is 10.1. The third-order valence-corrected chi connectivity index (χ3v) is 2.48. The molecule has 0 saturated heterocycles. The van der Waals surface area contributed by atoms with Crippen LogP contribution in [0.4, 0.5) is 0 Å². The normalized spacial score (nSPS) is 10.2. The quantitative estimate of drug-likeness (QED) is 0.763. The molecule has 0 atom stereocenters. The van der Waals surface area contributed by atoms with Gasteiger partial charge in [0.2, 0.25) is 5.91 Å². The van der Waals surface area contributed by atoms with Crippen LogP contribution in [0.25, 0.3) is 0 Å². The van der Waals surface area contributed by atoms with Crippen molar-refractivity contribution in [1.29, 1.82) is 0 Å². The van der Waals surface area contributed by atoms with E-state index in [9.17, 15) is 9.59 Å². The number of ether oxygens (including phenoxy) is 1. The Morgan fingerprint density at radius 2 is 2.11 bits per heavy atom. The lowest BCUT2D eigenvalue weighted by molar-refractivity contribution is -0.143. The number of aryl methyl sites for hydroxylation is 2. The summed E-state index contributed by atoms with van der Waals surface area (Å²) in [6.45, 7) is 5.93. The fourth-order valence-corrected chi connectivity index (χ4v) is 1.51. The summed E-state index contributed by atoms with van der Waals surface area (Å²) in [5, 5.41) is 6.43. The number of hydrogen-bond donors (Lipinski definition) is 1. The molecule has 1 rings (SSSR count). The van der Waals surface area contributed by atoms with Crippen LogP contribution in [-0.2, 0) is 20.7 Å². The Morgan fingerprint density at radius 3 is 2.67 bits per heavy atom. The van der Waals surface area contributed by atoms with Gasteiger partial charge in [0.05, 0.1) is 25.1 Å². The van der Waals surface area contributed by atoms with Crippen LogP contribution >= 0.6 is 0 Å². The Balaban J connectivity index is 2.32. The molecule has 1 amide bonds. The van der Waals surface area contributed by atoms with Crippen molar-refractivity contribution in [3.05, 3.63) is 17.0 Å². The van der Waals surface area contributed by atoms with E-state index in [1.165, 1.54) is 0 Å². The third-order valence-electron chi connectivity index (χ3n) is 2.48. The summed E-state index contributed by atoms with van der Waals surface area (Å²) in [6.07, 6.45) is 0.394. The van der Waals surface area contributed by atoms with Crippen LogP contribution in [0, 0.1) is 13.8 Å². The zero-order chi connectivity index (χ0) is 13.5. The molecule has 1 N–H and O–H groups in total. The average Bonchev–Trinajstić information content (AvgIpc) is 2.61. The molecule has 0 saturated carbocycles. The largest absolute Gasteiger partial charge is 0.466 e. The third kappa shape index (κ3) is 4.20. The van der Waals surface area contributed by atoms with Gasteiger partial charge in [0, 0.05) is 12.1 Å². The van der Waals surface area contributed by atoms with Crippen molar-refractivity contribution >= 4 is 11.9 Å². The molecule has 0 spiro atoms. The van der Waals surface area contributed by atoms with Gasteiger partial charge in [0.25, 0.3) is 0 Å². The first-order chi connectivity index (χ1) is 8.54. The number of carbonyl (C=O) groups is 2. The highest BCUT2D eigenvalue weighted by molar-refractivity contribution is 5.79. The summed E-state index contributed by atoms with van der Waals surface area (Å²) in [4.78, 5) is 22.7. The van der Waals surface area contributed by atoms with Crippen LogP contribution in [0.15, 0.2) is 4.52 Å². The molecule has 1 aromatic rings. The number of amides is 1. The van der Waals surface area contributed by atoms with Crippen LogP contribution in [-0.4, -0.2) is 30.2 Å². The van der Waals surface area contributed by atoms with E-state index in [1.807, 2.05) is 0 Å². The van der Waals surface area contributed by atoms with Gasteiger partial charge in [-0.2, -0.15) is 0 Å². The summed E-state index contributed by atoms with van der Waals surface area (Å²) in [5.74, 6) is 0.178. The van der Waals surface area contributed by atoms with Gasteiger partial charge in [0.1, 0.15) is 5.76 Å². The molecule has 0 bridgehead atoms. The van der Waals surface area contributed by atoms with Gasteiger partial charge in [-0.05, 0) is 20.8 Å². The second-order valence-corrected chi connectivity index (χ2v) is 3.88. The standard InChI is InChI=1S/C12H18N2O4/c1-4-17-12(16)5-6-13-11(15)7-10-8(2)14-18-9(10)3/h4-7H2,1-3H3,(H,13,15). The van der Waals surface area contributed by atoms with Crippen LogP contribution in [0.3, 0.4) is 0 Å². The van der Waals surface area contributed by atoms with Gasteiger partial charge in [-0.15, -0.1) is 0 Å². The van der Waals surface area contributed by atoms with E-state index in [0.717, 1.165) is 5.56 Å². The molecule has 18 heavy (non-hydrogen) atoms. The molecular formula is C12H18N2O4. The number of rotatable bonds is 6. The van der Waals surface area contributed by atoms with Gasteiger partial charge in [0.15, 0.2) is 0 Å². The monoisotopic (exact) mass is 254 g/mol. The van der Waals surface area contributed by atoms with Gasteiger partial charge >= 0.3 is 5.97 Å². The zero-order valence-electron chi connectivity index (χ0n) is 10.9. The predicted octanol–water partition coefficient (Wildman–Crippen LogP) is 0.903. The van der Waals surface area contributed by atoms with Crippen molar-refractivity contribution in [2.75, 3.05) is 13.2 Å². The fraction of sp³-hybridized carbons (Fsp3) is 0.583. The van der Waals surface area contributed by atoms with Crippen LogP contribution in [0.2, 0.25) is 0 Å². The minimum absolute atomic E-state index is 0.159. The minimum Gasteiger partial charge on any atom is -0.466 e. The predicted molar refractivity (Wildman–Crippen MR) is 63.9 cm³/mol. The Bertz CT molecular complexity index is 406. The van der Waals surface area contributed by atoms with E-state index in [4.69, 9.17) is 9.26 Å². The van der Waals surface area contributed by atoms with Gasteiger partial charge in [-0.1, -0.05) is 5.16 Å². The van der Waals surface area contributed by atoms with Crippen molar-refractivity contribution in [2.45, 2.75) is 33.6 Å². The first-order valence-electron chi connectivity index (χ1n) is 5.88. The van der Waals surface area contributed by atoms with Crippen molar-refractivity contribution < 1.29 is 18.8 Å². The molecule has 0 aliphatic heterocycles. The summed E-state index contributed by atoms with van der Waals surface area (Å²) < 4.78 is 9.72. The summed E-state index contributed by atoms with van der Waals surface area (Å²) in [6, 6.07) is 0. The molecule has 100 valence electrons. The van der Waals surface area contributed by atoms with Crippen molar-refractivity contribution in [2.24, 2.45) is 0 Å². The number of carbonyl (C=O) groups excluding carboxylic acids is 2. The minimum atomic E-state index is -0.310. The number of hydrogen-bond acceptors (Lipinski definition) is 5. The molecule has 1 heterocycles. The first-order valence-corrected chi connectivity index (χ1v) is 5.88. The molecule has 6 heteroatoms. The van der Waals surface area contributed by atoms with E-state index >= 15 is 0 Å². The SMILES string of the molecule is CCOC(=O)CCNC(=O)Cc1c(C)noc1C. The maximum absolute atomic E-state index is 11.6. The maximum Gasteiger partial charge on any atom is 0.307 e.